The van der Waals surface area contributed by atoms with Crippen LogP contribution in [0.4, 0.5) is 5.69 Å². The zero-order valence-electron chi connectivity index (χ0n) is 13.7. The lowest BCUT2D eigenvalue weighted by Crippen LogP contribution is -2.40. The highest BCUT2D eigenvalue weighted by Crippen LogP contribution is 2.32. The van der Waals surface area contributed by atoms with Crippen molar-refractivity contribution in [2.75, 3.05) is 31.6 Å². The zero-order valence-corrected chi connectivity index (χ0v) is 13.7. The quantitative estimate of drug-likeness (QED) is 0.923. The number of rotatable bonds is 2. The third kappa shape index (κ3) is 3.02. The normalized spacial score (nSPS) is 20.2. The van der Waals surface area contributed by atoms with E-state index in [-0.39, 0.29) is 5.91 Å². The molecule has 4 nitrogen and oxygen atoms in total. The minimum absolute atomic E-state index is 0.104. The van der Waals surface area contributed by atoms with E-state index in [0.717, 1.165) is 18.4 Å². The number of carbonyl (C=O) groups is 1. The molecule has 0 spiro atoms. The molecule has 2 aliphatic rings. The maximum atomic E-state index is 12.5. The minimum atomic E-state index is 0.104. The third-order valence-corrected chi connectivity index (χ3v) is 4.91. The summed E-state index contributed by atoms with van der Waals surface area (Å²) in [6.07, 6.45) is 2.16. The Hall–Kier alpha value is -2.33. The highest BCUT2D eigenvalue weighted by Gasteiger charge is 2.21. The highest BCUT2D eigenvalue weighted by molar-refractivity contribution is 5.94. The van der Waals surface area contributed by atoms with Crippen LogP contribution in [-0.2, 0) is 11.2 Å². The van der Waals surface area contributed by atoms with Gasteiger partial charge in [0.25, 0.3) is 5.91 Å². The molecule has 0 aromatic heterocycles. The van der Waals surface area contributed by atoms with E-state index in [1.165, 1.54) is 16.8 Å². The van der Waals surface area contributed by atoms with Crippen LogP contribution in [0.2, 0.25) is 0 Å². The lowest BCUT2D eigenvalue weighted by molar-refractivity contribution is 0.0303. The van der Waals surface area contributed by atoms with Gasteiger partial charge in [-0.1, -0.05) is 30.3 Å². The second-order valence-electron chi connectivity index (χ2n) is 6.42. The number of nitrogens with zero attached hydrogens (tertiary/aromatic N) is 1. The van der Waals surface area contributed by atoms with E-state index < -0.39 is 0 Å². The monoisotopic (exact) mass is 322 g/mol. The molecule has 2 aliphatic heterocycles. The molecule has 0 bridgehead atoms. The zero-order chi connectivity index (χ0) is 16.4. The number of anilines is 1. The summed E-state index contributed by atoms with van der Waals surface area (Å²) in [5, 5.41) is 3.61. The van der Waals surface area contributed by atoms with Crippen molar-refractivity contribution in [3.63, 3.8) is 0 Å². The number of nitrogens with one attached hydrogen (secondary N) is 1. The van der Waals surface area contributed by atoms with Crippen LogP contribution in [0.5, 0.6) is 0 Å². The molecule has 0 saturated carbocycles. The first-order valence-electron chi connectivity index (χ1n) is 8.63. The van der Waals surface area contributed by atoms with E-state index in [2.05, 4.69) is 41.7 Å². The molecular formula is C20H22N2O2. The third-order valence-electron chi connectivity index (χ3n) is 4.91. The van der Waals surface area contributed by atoms with Crippen molar-refractivity contribution in [3.05, 3.63) is 65.2 Å². The van der Waals surface area contributed by atoms with Crippen LogP contribution in [0.1, 0.15) is 33.9 Å². The molecule has 0 aliphatic carbocycles. The average Bonchev–Trinajstić information content (AvgIpc) is 2.68. The van der Waals surface area contributed by atoms with Crippen molar-refractivity contribution in [1.29, 1.82) is 0 Å². The standard InChI is InChI=1S/C20H22N2O2/c23-20(22-11-13-24-14-12-22)17-7-5-16(6-8-17)19-10-9-15-3-1-2-4-18(15)21-19/h1-8,19,21H,9-14H2. The smallest absolute Gasteiger partial charge is 0.254 e. The Balaban J connectivity index is 1.47. The summed E-state index contributed by atoms with van der Waals surface area (Å²) in [4.78, 5) is 14.4. The lowest BCUT2D eigenvalue weighted by atomic mass is 9.93. The Bertz CT molecular complexity index is 721. The molecule has 4 heteroatoms. The summed E-state index contributed by atoms with van der Waals surface area (Å²) in [5.41, 5.74) is 4.61. The second-order valence-corrected chi connectivity index (χ2v) is 6.42. The Morgan fingerprint density at radius 3 is 2.58 bits per heavy atom. The van der Waals surface area contributed by atoms with Gasteiger partial charge in [-0.05, 0) is 42.2 Å². The molecule has 0 radical (unpaired) electrons. The van der Waals surface area contributed by atoms with Gasteiger partial charge in [-0.25, -0.2) is 0 Å². The van der Waals surface area contributed by atoms with Gasteiger partial charge in [0.1, 0.15) is 0 Å². The van der Waals surface area contributed by atoms with Gasteiger partial charge in [0.2, 0.25) is 0 Å². The summed E-state index contributed by atoms with van der Waals surface area (Å²) in [7, 11) is 0. The first-order valence-corrected chi connectivity index (χ1v) is 8.63. The van der Waals surface area contributed by atoms with Gasteiger partial charge in [-0.3, -0.25) is 4.79 Å². The minimum Gasteiger partial charge on any atom is -0.378 e. The van der Waals surface area contributed by atoms with Crippen LogP contribution in [0, 0.1) is 0 Å². The SMILES string of the molecule is O=C(c1ccc(C2CCc3ccccc3N2)cc1)N1CCOCC1. The van der Waals surface area contributed by atoms with Gasteiger partial charge in [0.05, 0.1) is 19.3 Å². The Labute approximate surface area is 142 Å². The largest absolute Gasteiger partial charge is 0.378 e. The number of carbonyl (C=O) groups excluding carboxylic acids is 1. The van der Waals surface area contributed by atoms with E-state index in [4.69, 9.17) is 4.74 Å². The molecule has 1 saturated heterocycles. The topological polar surface area (TPSA) is 41.6 Å². The number of ether oxygens (including phenoxy) is 1. The number of amides is 1. The van der Waals surface area contributed by atoms with E-state index in [1.807, 2.05) is 17.0 Å². The first-order chi connectivity index (χ1) is 11.8. The average molecular weight is 322 g/mol. The number of fused-ring (bicyclic) bond motifs is 1. The van der Waals surface area contributed by atoms with Crippen molar-refractivity contribution in [1.82, 2.24) is 4.90 Å². The van der Waals surface area contributed by atoms with Crippen LogP contribution in [0.15, 0.2) is 48.5 Å². The molecule has 1 amide bonds. The fourth-order valence-electron chi connectivity index (χ4n) is 3.50. The van der Waals surface area contributed by atoms with Crippen molar-refractivity contribution >= 4 is 11.6 Å². The molecule has 2 heterocycles. The van der Waals surface area contributed by atoms with Crippen LogP contribution in [0.3, 0.4) is 0 Å². The first kappa shape index (κ1) is 15.2. The van der Waals surface area contributed by atoms with Gasteiger partial charge >= 0.3 is 0 Å². The van der Waals surface area contributed by atoms with Gasteiger partial charge in [0.15, 0.2) is 0 Å². The van der Waals surface area contributed by atoms with Crippen LogP contribution in [0.25, 0.3) is 0 Å². The van der Waals surface area contributed by atoms with Gasteiger partial charge in [-0.2, -0.15) is 0 Å². The molecular weight excluding hydrogens is 300 g/mol. The summed E-state index contributed by atoms with van der Waals surface area (Å²) < 4.78 is 5.31. The van der Waals surface area contributed by atoms with E-state index in [9.17, 15) is 4.79 Å². The van der Waals surface area contributed by atoms with E-state index >= 15 is 0 Å². The number of morpholine rings is 1. The Morgan fingerprint density at radius 1 is 1.04 bits per heavy atom. The fraction of sp³-hybridized carbons (Fsp3) is 0.350. The second kappa shape index (κ2) is 6.65. The van der Waals surface area contributed by atoms with Crippen molar-refractivity contribution in [2.24, 2.45) is 0 Å². The van der Waals surface area contributed by atoms with Crippen molar-refractivity contribution in [2.45, 2.75) is 18.9 Å². The molecule has 124 valence electrons. The van der Waals surface area contributed by atoms with Crippen LogP contribution in [-0.4, -0.2) is 37.1 Å². The molecule has 1 atom stereocenters. The molecule has 2 aromatic carbocycles. The maximum Gasteiger partial charge on any atom is 0.254 e. The Morgan fingerprint density at radius 2 is 1.79 bits per heavy atom. The predicted octanol–water partition coefficient (Wildman–Crippen LogP) is 3.26. The van der Waals surface area contributed by atoms with Gasteiger partial charge in [0, 0.05) is 24.3 Å². The summed E-state index contributed by atoms with van der Waals surface area (Å²) >= 11 is 0. The van der Waals surface area contributed by atoms with Gasteiger partial charge < -0.3 is 15.0 Å². The summed E-state index contributed by atoms with van der Waals surface area (Å²) in [6, 6.07) is 16.9. The predicted molar refractivity (Wildman–Crippen MR) is 94.3 cm³/mol. The number of para-hydroxylation sites is 1. The van der Waals surface area contributed by atoms with E-state index in [1.54, 1.807) is 0 Å². The molecule has 4 rings (SSSR count). The molecule has 1 N–H and O–H groups in total. The number of hydrogen-bond acceptors (Lipinski definition) is 3. The Kier molecular flexibility index (Phi) is 4.22. The van der Waals surface area contributed by atoms with Gasteiger partial charge in [-0.15, -0.1) is 0 Å². The van der Waals surface area contributed by atoms with Crippen LogP contribution < -0.4 is 5.32 Å². The van der Waals surface area contributed by atoms with Crippen molar-refractivity contribution in [3.8, 4) is 0 Å². The number of aryl methyl sites for hydroxylation is 1. The fourth-order valence-corrected chi connectivity index (χ4v) is 3.50. The summed E-state index contributed by atoms with van der Waals surface area (Å²) in [6.45, 7) is 2.63. The summed E-state index contributed by atoms with van der Waals surface area (Å²) in [5.74, 6) is 0.104. The van der Waals surface area contributed by atoms with E-state index in [0.29, 0.717) is 32.3 Å². The van der Waals surface area contributed by atoms with Crippen molar-refractivity contribution < 1.29 is 9.53 Å². The molecule has 1 unspecified atom stereocenters. The maximum absolute atomic E-state index is 12.5. The van der Waals surface area contributed by atoms with Crippen LogP contribution >= 0.6 is 0 Å². The number of hydrogen-bond donors (Lipinski definition) is 1. The molecule has 24 heavy (non-hydrogen) atoms. The molecule has 1 fully saturated rings. The highest BCUT2D eigenvalue weighted by atomic mass is 16.5. The lowest BCUT2D eigenvalue weighted by Gasteiger charge is -2.28. The molecule has 2 aromatic rings. The number of benzene rings is 2.